The summed E-state index contributed by atoms with van der Waals surface area (Å²) < 4.78 is 9.40. The number of methoxy groups -OCH3 is 2. The van der Waals surface area contributed by atoms with Gasteiger partial charge in [0.25, 0.3) is 0 Å². The van der Waals surface area contributed by atoms with Gasteiger partial charge in [-0.2, -0.15) is 0 Å². The Labute approximate surface area is 324 Å². The van der Waals surface area contributed by atoms with Gasteiger partial charge in [-0.15, -0.1) is 0 Å². The number of H-pyrrole nitrogens is 2. The predicted octanol–water partition coefficient (Wildman–Crippen LogP) is 6.13. The number of carbonyl (C=O) groups excluding carboxylic acids is 4. The zero-order valence-corrected chi connectivity index (χ0v) is 32.2. The summed E-state index contributed by atoms with van der Waals surface area (Å²) in [5.74, 6) is 0.992. The van der Waals surface area contributed by atoms with Gasteiger partial charge in [-0.3, -0.25) is 9.59 Å². The summed E-state index contributed by atoms with van der Waals surface area (Å²) in [7, 11) is 2.56. The number of amides is 4. The molecule has 2 saturated heterocycles. The van der Waals surface area contributed by atoms with Crippen molar-refractivity contribution in [2.24, 2.45) is 5.92 Å². The predicted molar refractivity (Wildman–Crippen MR) is 209 cm³/mol. The van der Waals surface area contributed by atoms with Crippen LogP contribution in [0.2, 0.25) is 0 Å². The van der Waals surface area contributed by atoms with Crippen molar-refractivity contribution in [3.05, 3.63) is 78.6 Å². The molecule has 2 fully saturated rings. The van der Waals surface area contributed by atoms with Crippen LogP contribution in [-0.2, 0) is 19.1 Å². The zero-order chi connectivity index (χ0) is 39.5. The Morgan fingerprint density at radius 2 is 1.39 bits per heavy atom. The van der Waals surface area contributed by atoms with Crippen molar-refractivity contribution in [2.75, 3.05) is 27.3 Å². The highest BCUT2D eigenvalue weighted by atomic mass is 16.5. The molecule has 5 heterocycles. The monoisotopic (exact) mass is 761 g/mol. The minimum atomic E-state index is -0.713. The largest absolute Gasteiger partial charge is 0.453 e. The van der Waals surface area contributed by atoms with Crippen LogP contribution in [0.25, 0.3) is 44.7 Å². The smallest absolute Gasteiger partial charge is 0.407 e. The molecule has 2 aliphatic rings. The highest BCUT2D eigenvalue weighted by molar-refractivity contribution is 5.88. The van der Waals surface area contributed by atoms with E-state index in [-0.39, 0.29) is 29.8 Å². The standard InChI is InChI=1S/C41H47N9O6/c1-23(2)35(48-41(54)56-5)39(52)50-19-7-9-34(50)37-42-21-31(46-37)26-12-10-25(11-13-26)29-16-14-27-20-28(15-17-30(27)45-29)32-22-43-36(47-32)33-8-6-18-49(33)38(51)24(3)44-40(53)55-4/h10-17,20-24,33-35H,6-9,18-19H2,1-5H3,(H,42,46)(H,43,47)(H,44,53)(H,48,54)/t24-,33-,34-,35-/m0/s1. The van der Waals surface area contributed by atoms with Gasteiger partial charge in [0.05, 0.1) is 55.1 Å². The van der Waals surface area contributed by atoms with E-state index in [4.69, 9.17) is 14.7 Å². The van der Waals surface area contributed by atoms with Crippen molar-refractivity contribution in [3.63, 3.8) is 0 Å². The second-order valence-corrected chi connectivity index (χ2v) is 14.6. The molecule has 292 valence electrons. The van der Waals surface area contributed by atoms with E-state index >= 15 is 0 Å². The lowest BCUT2D eigenvalue weighted by atomic mass is 10.0. The summed E-state index contributed by atoms with van der Waals surface area (Å²) in [6, 6.07) is 16.4. The maximum Gasteiger partial charge on any atom is 0.407 e. The van der Waals surface area contributed by atoms with Gasteiger partial charge in [0.1, 0.15) is 23.7 Å². The lowest BCUT2D eigenvalue weighted by Crippen LogP contribution is -2.51. The van der Waals surface area contributed by atoms with Crippen LogP contribution in [0.1, 0.15) is 70.2 Å². The number of rotatable bonds is 10. The van der Waals surface area contributed by atoms with Crippen LogP contribution in [0, 0.1) is 5.92 Å². The Balaban J connectivity index is 1.02. The second-order valence-electron chi connectivity index (χ2n) is 14.6. The van der Waals surface area contributed by atoms with Crippen molar-refractivity contribution >= 4 is 34.9 Å². The summed E-state index contributed by atoms with van der Waals surface area (Å²) in [5.41, 5.74) is 6.15. The van der Waals surface area contributed by atoms with E-state index in [0.717, 1.165) is 70.4 Å². The molecule has 0 saturated carbocycles. The molecular formula is C41H47N9O6. The molecule has 0 radical (unpaired) electrons. The number of hydrogen-bond acceptors (Lipinski definition) is 9. The molecule has 0 bridgehead atoms. The third-order valence-electron chi connectivity index (χ3n) is 10.7. The van der Waals surface area contributed by atoms with E-state index in [1.807, 2.05) is 62.5 Å². The van der Waals surface area contributed by atoms with Gasteiger partial charge < -0.3 is 39.9 Å². The molecular weight excluding hydrogens is 715 g/mol. The fourth-order valence-electron chi connectivity index (χ4n) is 7.63. The van der Waals surface area contributed by atoms with E-state index < -0.39 is 24.3 Å². The molecule has 0 spiro atoms. The summed E-state index contributed by atoms with van der Waals surface area (Å²) >= 11 is 0. The first-order chi connectivity index (χ1) is 27.0. The van der Waals surface area contributed by atoms with Crippen LogP contribution < -0.4 is 10.6 Å². The number of imidazole rings is 2. The van der Waals surface area contributed by atoms with Gasteiger partial charge >= 0.3 is 12.2 Å². The SMILES string of the molecule is COC(=O)N[C@@H](C)C(=O)N1CCC[C@H]1c1nc(-c2ccc3nc(-c4ccc(-c5cnc([C@@H]6CCCN6C(=O)[C@@H](NC(=O)OC)C(C)C)[nH]5)cc4)ccc3c2)c[nH]1. The fraction of sp³-hybridized carbons (Fsp3) is 0.390. The van der Waals surface area contributed by atoms with Crippen LogP contribution in [0.15, 0.2) is 67.0 Å². The maximum absolute atomic E-state index is 13.5. The van der Waals surface area contributed by atoms with Crippen LogP contribution in [0.4, 0.5) is 9.59 Å². The first-order valence-electron chi connectivity index (χ1n) is 19.0. The fourth-order valence-corrected chi connectivity index (χ4v) is 7.63. The number of fused-ring (bicyclic) bond motifs is 1. The molecule has 5 aromatic rings. The Bertz CT molecular complexity index is 2230. The lowest BCUT2D eigenvalue weighted by molar-refractivity contribution is -0.135. The van der Waals surface area contributed by atoms with Crippen LogP contribution in [0.3, 0.4) is 0 Å². The van der Waals surface area contributed by atoms with E-state index in [9.17, 15) is 19.2 Å². The van der Waals surface area contributed by atoms with E-state index in [0.29, 0.717) is 24.7 Å². The Kier molecular flexibility index (Phi) is 11.0. The molecule has 3 aromatic heterocycles. The van der Waals surface area contributed by atoms with Gasteiger partial charge in [-0.25, -0.2) is 24.5 Å². The molecule has 15 heteroatoms. The number of hydrogen-bond donors (Lipinski definition) is 4. The van der Waals surface area contributed by atoms with Gasteiger partial charge in [0, 0.05) is 35.8 Å². The third kappa shape index (κ3) is 7.79. The highest BCUT2D eigenvalue weighted by Gasteiger charge is 2.38. The quantitative estimate of drug-likeness (QED) is 0.130. The average Bonchev–Trinajstić information content (AvgIpc) is 4.06. The summed E-state index contributed by atoms with van der Waals surface area (Å²) in [6.07, 6.45) is 5.62. The maximum atomic E-state index is 13.5. The zero-order valence-electron chi connectivity index (χ0n) is 32.2. The number of nitrogens with zero attached hydrogens (tertiary/aromatic N) is 5. The molecule has 4 atom stereocenters. The van der Waals surface area contributed by atoms with Gasteiger partial charge in [-0.05, 0) is 62.3 Å². The number of likely N-dealkylation sites (tertiary alicyclic amines) is 2. The Hall–Kier alpha value is -6.25. The Morgan fingerprint density at radius 1 is 0.750 bits per heavy atom. The van der Waals surface area contributed by atoms with Crippen LogP contribution in [0.5, 0.6) is 0 Å². The molecule has 56 heavy (non-hydrogen) atoms. The van der Waals surface area contributed by atoms with Gasteiger partial charge in [0.2, 0.25) is 11.8 Å². The Morgan fingerprint density at radius 3 is 2.09 bits per heavy atom. The average molecular weight is 762 g/mol. The van der Waals surface area contributed by atoms with E-state index in [1.54, 1.807) is 22.9 Å². The number of aromatic nitrogens is 5. The van der Waals surface area contributed by atoms with Gasteiger partial charge in [-0.1, -0.05) is 50.2 Å². The van der Waals surface area contributed by atoms with Crippen molar-refractivity contribution in [3.8, 4) is 33.8 Å². The molecule has 4 amide bonds. The normalized spacial score (nSPS) is 17.9. The molecule has 15 nitrogen and oxygen atoms in total. The van der Waals surface area contributed by atoms with Crippen molar-refractivity contribution in [1.82, 2.24) is 45.4 Å². The number of nitrogens with one attached hydrogen (secondary N) is 4. The van der Waals surface area contributed by atoms with Gasteiger partial charge in [0.15, 0.2) is 0 Å². The number of aromatic amines is 2. The van der Waals surface area contributed by atoms with Crippen molar-refractivity contribution in [2.45, 2.75) is 70.6 Å². The molecule has 2 aromatic carbocycles. The number of alkyl carbamates (subject to hydrolysis) is 2. The minimum Gasteiger partial charge on any atom is -0.453 e. The first-order valence-corrected chi connectivity index (χ1v) is 19.0. The summed E-state index contributed by atoms with van der Waals surface area (Å²) in [5, 5.41) is 6.22. The first kappa shape index (κ1) is 38.0. The molecule has 0 aliphatic carbocycles. The highest BCUT2D eigenvalue weighted by Crippen LogP contribution is 2.35. The van der Waals surface area contributed by atoms with E-state index in [2.05, 4.69) is 42.5 Å². The molecule has 2 aliphatic heterocycles. The molecule has 7 rings (SSSR count). The van der Waals surface area contributed by atoms with Crippen LogP contribution in [-0.4, -0.2) is 98.1 Å². The number of pyridine rings is 1. The number of benzene rings is 2. The third-order valence-corrected chi connectivity index (χ3v) is 10.7. The van der Waals surface area contributed by atoms with Crippen LogP contribution >= 0.6 is 0 Å². The minimum absolute atomic E-state index is 0.108. The summed E-state index contributed by atoms with van der Waals surface area (Å²) in [6.45, 7) is 6.62. The van der Waals surface area contributed by atoms with Crippen molar-refractivity contribution in [1.29, 1.82) is 0 Å². The summed E-state index contributed by atoms with van der Waals surface area (Å²) in [4.78, 5) is 75.1. The molecule has 4 N–H and O–H groups in total. The number of carbonyl (C=O) groups is 4. The van der Waals surface area contributed by atoms with E-state index in [1.165, 1.54) is 14.2 Å². The lowest BCUT2D eigenvalue weighted by Gasteiger charge is -2.30. The van der Waals surface area contributed by atoms with Crippen molar-refractivity contribution < 1.29 is 28.7 Å². The second kappa shape index (κ2) is 16.2. The molecule has 0 unspecified atom stereocenters. The topological polar surface area (TPSA) is 188 Å². The number of ether oxygens (including phenoxy) is 2.